The standard InChI is InChI=1S/C15H14Cl2N2O/c1-10-3-2-4-14(18-10)19-15(20)8-6-11-5-7-12(16)9-13(11)17/h2-5,7,9H,6,8H2,1H3,(H,18,19,20). The Bertz CT molecular complexity index is 629. The van der Waals surface area contributed by atoms with Gasteiger partial charge in [-0.1, -0.05) is 35.3 Å². The zero-order valence-electron chi connectivity index (χ0n) is 11.0. The number of nitrogens with zero attached hydrogens (tertiary/aromatic N) is 1. The third-order valence-corrected chi connectivity index (χ3v) is 3.38. The van der Waals surface area contributed by atoms with Gasteiger partial charge >= 0.3 is 0 Å². The lowest BCUT2D eigenvalue weighted by molar-refractivity contribution is -0.116. The van der Waals surface area contributed by atoms with Crippen molar-refractivity contribution in [1.82, 2.24) is 4.98 Å². The molecule has 0 aliphatic heterocycles. The molecule has 20 heavy (non-hydrogen) atoms. The summed E-state index contributed by atoms with van der Waals surface area (Å²) in [6, 6.07) is 10.8. The van der Waals surface area contributed by atoms with Gasteiger partial charge in [-0.25, -0.2) is 4.98 Å². The third kappa shape index (κ3) is 4.22. The lowest BCUT2D eigenvalue weighted by atomic mass is 10.1. The van der Waals surface area contributed by atoms with E-state index >= 15 is 0 Å². The van der Waals surface area contributed by atoms with Gasteiger partial charge in [0.25, 0.3) is 0 Å². The van der Waals surface area contributed by atoms with Crippen LogP contribution in [-0.2, 0) is 11.2 Å². The Labute approximate surface area is 127 Å². The van der Waals surface area contributed by atoms with Crippen molar-refractivity contribution in [2.45, 2.75) is 19.8 Å². The molecule has 104 valence electrons. The van der Waals surface area contributed by atoms with E-state index in [9.17, 15) is 4.79 Å². The van der Waals surface area contributed by atoms with Crippen LogP contribution in [0.25, 0.3) is 0 Å². The van der Waals surface area contributed by atoms with Crippen LogP contribution in [0.5, 0.6) is 0 Å². The molecule has 1 heterocycles. The van der Waals surface area contributed by atoms with Crippen LogP contribution < -0.4 is 5.32 Å². The second-order valence-electron chi connectivity index (χ2n) is 4.45. The summed E-state index contributed by atoms with van der Waals surface area (Å²) in [5, 5.41) is 3.94. The zero-order chi connectivity index (χ0) is 14.5. The number of rotatable bonds is 4. The smallest absolute Gasteiger partial charge is 0.225 e. The number of hydrogen-bond donors (Lipinski definition) is 1. The van der Waals surface area contributed by atoms with Crippen LogP contribution in [0.1, 0.15) is 17.7 Å². The normalized spacial score (nSPS) is 10.3. The largest absolute Gasteiger partial charge is 0.311 e. The Hall–Kier alpha value is -1.58. The summed E-state index contributed by atoms with van der Waals surface area (Å²) in [7, 11) is 0. The minimum absolute atomic E-state index is 0.0888. The van der Waals surface area contributed by atoms with Gasteiger partial charge in [0.1, 0.15) is 5.82 Å². The number of aryl methyl sites for hydroxylation is 2. The molecule has 0 saturated carbocycles. The van der Waals surface area contributed by atoms with Gasteiger partial charge in [-0.2, -0.15) is 0 Å². The van der Waals surface area contributed by atoms with E-state index in [-0.39, 0.29) is 5.91 Å². The first-order chi connectivity index (χ1) is 9.54. The summed E-state index contributed by atoms with van der Waals surface area (Å²) in [6.07, 6.45) is 0.907. The molecule has 5 heteroatoms. The summed E-state index contributed by atoms with van der Waals surface area (Å²) in [5.41, 5.74) is 1.77. The molecule has 1 aromatic carbocycles. The summed E-state index contributed by atoms with van der Waals surface area (Å²) in [4.78, 5) is 16.1. The number of halogens is 2. The minimum atomic E-state index is -0.0888. The van der Waals surface area contributed by atoms with Crippen LogP contribution in [0.4, 0.5) is 5.82 Å². The monoisotopic (exact) mass is 308 g/mol. The summed E-state index contributed by atoms with van der Waals surface area (Å²) < 4.78 is 0. The van der Waals surface area contributed by atoms with Crippen molar-refractivity contribution in [3.8, 4) is 0 Å². The molecule has 2 rings (SSSR count). The number of pyridine rings is 1. The number of carbonyl (C=O) groups excluding carboxylic acids is 1. The van der Waals surface area contributed by atoms with E-state index in [2.05, 4.69) is 10.3 Å². The van der Waals surface area contributed by atoms with Gasteiger partial charge in [-0.05, 0) is 43.2 Å². The predicted molar refractivity (Wildman–Crippen MR) is 82.4 cm³/mol. The molecule has 0 spiro atoms. The van der Waals surface area contributed by atoms with Crippen molar-refractivity contribution in [3.63, 3.8) is 0 Å². The molecule has 0 unspecified atom stereocenters. The fourth-order valence-corrected chi connectivity index (χ4v) is 2.29. The van der Waals surface area contributed by atoms with Crippen LogP contribution in [0, 0.1) is 6.92 Å². The average molecular weight is 309 g/mol. The number of hydrogen-bond acceptors (Lipinski definition) is 2. The van der Waals surface area contributed by atoms with E-state index in [1.54, 1.807) is 18.2 Å². The van der Waals surface area contributed by atoms with Gasteiger partial charge in [-0.3, -0.25) is 4.79 Å². The molecule has 0 aliphatic carbocycles. The van der Waals surface area contributed by atoms with Crippen molar-refractivity contribution in [2.24, 2.45) is 0 Å². The Morgan fingerprint density at radius 3 is 2.75 bits per heavy atom. The second kappa shape index (κ2) is 6.73. The minimum Gasteiger partial charge on any atom is -0.311 e. The molecule has 1 N–H and O–H groups in total. The maximum atomic E-state index is 11.9. The summed E-state index contributed by atoms with van der Waals surface area (Å²) >= 11 is 11.9. The maximum absolute atomic E-state index is 11.9. The van der Waals surface area contributed by atoms with E-state index in [0.717, 1.165) is 11.3 Å². The highest BCUT2D eigenvalue weighted by Crippen LogP contribution is 2.22. The lowest BCUT2D eigenvalue weighted by Gasteiger charge is -2.06. The highest BCUT2D eigenvalue weighted by atomic mass is 35.5. The quantitative estimate of drug-likeness (QED) is 0.916. The van der Waals surface area contributed by atoms with Crippen LogP contribution in [-0.4, -0.2) is 10.9 Å². The number of benzene rings is 1. The van der Waals surface area contributed by atoms with Gasteiger partial charge < -0.3 is 5.32 Å². The van der Waals surface area contributed by atoms with E-state index < -0.39 is 0 Å². The van der Waals surface area contributed by atoms with E-state index in [1.807, 2.05) is 25.1 Å². The fourth-order valence-electron chi connectivity index (χ4n) is 1.79. The Balaban J connectivity index is 1.92. The SMILES string of the molecule is Cc1cccc(NC(=O)CCc2ccc(Cl)cc2Cl)n1. The van der Waals surface area contributed by atoms with Crippen LogP contribution in [0.15, 0.2) is 36.4 Å². The first kappa shape index (κ1) is 14.8. The van der Waals surface area contributed by atoms with Crippen molar-refractivity contribution in [3.05, 3.63) is 57.7 Å². The molecule has 0 aliphatic rings. The highest BCUT2D eigenvalue weighted by Gasteiger charge is 2.07. The van der Waals surface area contributed by atoms with Crippen LogP contribution in [0.3, 0.4) is 0 Å². The Kier molecular flexibility index (Phi) is 4.99. The molecule has 0 radical (unpaired) electrons. The molecular formula is C15H14Cl2N2O. The van der Waals surface area contributed by atoms with Crippen molar-refractivity contribution in [2.75, 3.05) is 5.32 Å². The van der Waals surface area contributed by atoms with Crippen LogP contribution in [0.2, 0.25) is 10.0 Å². The summed E-state index contributed by atoms with van der Waals surface area (Å²) in [6.45, 7) is 1.88. The first-order valence-electron chi connectivity index (χ1n) is 6.22. The lowest BCUT2D eigenvalue weighted by Crippen LogP contribution is -2.13. The zero-order valence-corrected chi connectivity index (χ0v) is 12.5. The molecule has 0 saturated heterocycles. The van der Waals surface area contributed by atoms with E-state index in [0.29, 0.717) is 28.7 Å². The van der Waals surface area contributed by atoms with Gasteiger partial charge in [-0.15, -0.1) is 0 Å². The number of amides is 1. The average Bonchev–Trinajstić information content (AvgIpc) is 2.37. The first-order valence-corrected chi connectivity index (χ1v) is 6.97. The van der Waals surface area contributed by atoms with E-state index in [4.69, 9.17) is 23.2 Å². The molecule has 0 fully saturated rings. The second-order valence-corrected chi connectivity index (χ2v) is 5.29. The number of anilines is 1. The topological polar surface area (TPSA) is 42.0 Å². The molecule has 0 bridgehead atoms. The maximum Gasteiger partial charge on any atom is 0.225 e. The molecule has 1 amide bonds. The number of carbonyl (C=O) groups is 1. The molecule has 2 aromatic rings. The van der Waals surface area contributed by atoms with Gasteiger partial charge in [0.05, 0.1) is 0 Å². The van der Waals surface area contributed by atoms with Crippen LogP contribution >= 0.6 is 23.2 Å². The molecular weight excluding hydrogens is 295 g/mol. The van der Waals surface area contributed by atoms with Crippen molar-refractivity contribution >= 4 is 34.9 Å². The van der Waals surface area contributed by atoms with Gasteiger partial charge in [0.15, 0.2) is 0 Å². The molecule has 1 aromatic heterocycles. The summed E-state index contributed by atoms with van der Waals surface area (Å²) in [5.74, 6) is 0.478. The number of aromatic nitrogens is 1. The van der Waals surface area contributed by atoms with E-state index in [1.165, 1.54) is 0 Å². The predicted octanol–water partition coefficient (Wildman–Crippen LogP) is 4.27. The molecule has 0 atom stereocenters. The van der Waals surface area contributed by atoms with Gasteiger partial charge in [0, 0.05) is 22.2 Å². The fraction of sp³-hybridized carbons (Fsp3) is 0.200. The van der Waals surface area contributed by atoms with Crippen molar-refractivity contribution in [1.29, 1.82) is 0 Å². The van der Waals surface area contributed by atoms with Gasteiger partial charge in [0.2, 0.25) is 5.91 Å². The third-order valence-electron chi connectivity index (χ3n) is 2.79. The Morgan fingerprint density at radius 1 is 1.25 bits per heavy atom. The highest BCUT2D eigenvalue weighted by molar-refractivity contribution is 6.35. The number of nitrogens with one attached hydrogen (secondary N) is 1. The Morgan fingerprint density at radius 2 is 2.05 bits per heavy atom. The van der Waals surface area contributed by atoms with Crippen molar-refractivity contribution < 1.29 is 4.79 Å². The molecule has 3 nitrogen and oxygen atoms in total.